The Morgan fingerprint density at radius 2 is 2.10 bits per heavy atom. The smallest absolute Gasteiger partial charge is 0.260 e. The van der Waals surface area contributed by atoms with Crippen LogP contribution in [0.5, 0.6) is 0 Å². The summed E-state index contributed by atoms with van der Waals surface area (Å²) in [5, 5.41) is 0.659. The van der Waals surface area contributed by atoms with Gasteiger partial charge in [-0.25, -0.2) is 0 Å². The van der Waals surface area contributed by atoms with Gasteiger partial charge in [-0.05, 0) is 49.7 Å². The molecule has 0 unspecified atom stereocenters. The highest BCUT2D eigenvalue weighted by molar-refractivity contribution is 6.31. The fourth-order valence-corrected chi connectivity index (χ4v) is 2.71. The van der Waals surface area contributed by atoms with Crippen molar-refractivity contribution >= 4 is 29.3 Å². The first-order valence-electron chi connectivity index (χ1n) is 6.72. The molecule has 1 aliphatic rings. The van der Waals surface area contributed by atoms with Gasteiger partial charge in [0.15, 0.2) is 0 Å². The molecule has 1 aliphatic heterocycles. The largest absolute Gasteiger partial charge is 0.299 e. The third-order valence-corrected chi connectivity index (χ3v) is 3.82. The van der Waals surface area contributed by atoms with Crippen molar-refractivity contribution in [2.45, 2.75) is 19.4 Å². The number of aromatic nitrogens is 1. The van der Waals surface area contributed by atoms with Crippen LogP contribution in [0.15, 0.2) is 48.8 Å². The minimum Gasteiger partial charge on any atom is -0.299 e. The summed E-state index contributed by atoms with van der Waals surface area (Å²) in [4.78, 5) is 18.7. The number of fused-ring (bicyclic) bond motifs is 1. The van der Waals surface area contributed by atoms with Crippen molar-refractivity contribution in [1.82, 2.24) is 4.98 Å². The molecule has 0 spiro atoms. The SMILES string of the molecule is CC1(C)C=Cc2cc(Cl)ccc2N1C(=O)c1cccnc1. The molecule has 4 heteroatoms. The van der Waals surface area contributed by atoms with E-state index in [1.165, 1.54) is 0 Å². The Hall–Kier alpha value is -2.13. The summed E-state index contributed by atoms with van der Waals surface area (Å²) in [6.07, 6.45) is 7.27. The lowest BCUT2D eigenvalue weighted by Crippen LogP contribution is -2.48. The van der Waals surface area contributed by atoms with Crippen molar-refractivity contribution < 1.29 is 4.79 Å². The number of carbonyl (C=O) groups is 1. The molecule has 0 fully saturated rings. The number of pyridine rings is 1. The number of halogens is 1. The van der Waals surface area contributed by atoms with Crippen LogP contribution in [0.2, 0.25) is 5.02 Å². The molecule has 2 aromatic rings. The van der Waals surface area contributed by atoms with Gasteiger partial charge >= 0.3 is 0 Å². The molecular weight excluding hydrogens is 284 g/mol. The van der Waals surface area contributed by atoms with Gasteiger partial charge in [0.2, 0.25) is 0 Å². The molecule has 0 saturated heterocycles. The van der Waals surface area contributed by atoms with Crippen LogP contribution in [0.3, 0.4) is 0 Å². The Morgan fingerprint density at radius 1 is 1.29 bits per heavy atom. The van der Waals surface area contributed by atoms with E-state index in [2.05, 4.69) is 4.98 Å². The van der Waals surface area contributed by atoms with Gasteiger partial charge in [0, 0.05) is 17.4 Å². The van der Waals surface area contributed by atoms with E-state index in [0.29, 0.717) is 10.6 Å². The summed E-state index contributed by atoms with van der Waals surface area (Å²) in [6, 6.07) is 9.10. The van der Waals surface area contributed by atoms with E-state index < -0.39 is 5.54 Å². The van der Waals surface area contributed by atoms with Crippen LogP contribution in [-0.4, -0.2) is 16.4 Å². The summed E-state index contributed by atoms with van der Waals surface area (Å²) in [5.74, 6) is -0.0685. The Bertz CT molecular complexity index is 723. The number of rotatable bonds is 1. The Balaban J connectivity index is 2.12. The molecule has 1 amide bonds. The first-order valence-corrected chi connectivity index (χ1v) is 7.10. The number of anilines is 1. The summed E-state index contributed by atoms with van der Waals surface area (Å²) in [5.41, 5.74) is 1.97. The highest BCUT2D eigenvalue weighted by Gasteiger charge is 2.34. The maximum atomic E-state index is 12.9. The molecule has 0 N–H and O–H groups in total. The molecule has 1 aromatic carbocycles. The van der Waals surface area contributed by atoms with Crippen LogP contribution >= 0.6 is 11.6 Å². The second-order valence-electron chi connectivity index (χ2n) is 5.57. The number of nitrogens with zero attached hydrogens (tertiary/aromatic N) is 2. The fourth-order valence-electron chi connectivity index (χ4n) is 2.53. The van der Waals surface area contributed by atoms with Crippen molar-refractivity contribution in [3.63, 3.8) is 0 Å². The summed E-state index contributed by atoms with van der Waals surface area (Å²) < 4.78 is 0. The van der Waals surface area contributed by atoms with Crippen LogP contribution in [0.4, 0.5) is 5.69 Å². The van der Waals surface area contributed by atoms with E-state index in [0.717, 1.165) is 11.3 Å². The average Bonchev–Trinajstić information content (AvgIpc) is 2.47. The summed E-state index contributed by atoms with van der Waals surface area (Å²) in [6.45, 7) is 4.02. The van der Waals surface area contributed by atoms with Gasteiger partial charge in [-0.2, -0.15) is 0 Å². The van der Waals surface area contributed by atoms with E-state index >= 15 is 0 Å². The Labute approximate surface area is 128 Å². The third kappa shape index (κ3) is 2.45. The predicted molar refractivity (Wildman–Crippen MR) is 85.6 cm³/mol. The molecule has 0 radical (unpaired) electrons. The maximum Gasteiger partial charge on any atom is 0.260 e. The van der Waals surface area contributed by atoms with Crippen molar-refractivity contribution in [1.29, 1.82) is 0 Å². The number of amides is 1. The molecule has 0 atom stereocenters. The minimum atomic E-state index is -0.409. The number of hydrogen-bond donors (Lipinski definition) is 0. The van der Waals surface area contributed by atoms with Gasteiger partial charge in [-0.15, -0.1) is 0 Å². The quantitative estimate of drug-likeness (QED) is 0.791. The Kier molecular flexibility index (Phi) is 3.30. The van der Waals surface area contributed by atoms with Crippen LogP contribution in [0.1, 0.15) is 29.8 Å². The molecule has 3 nitrogen and oxygen atoms in total. The van der Waals surface area contributed by atoms with E-state index in [9.17, 15) is 4.79 Å². The first kappa shape index (κ1) is 13.8. The highest BCUT2D eigenvalue weighted by Crippen LogP contribution is 2.36. The van der Waals surface area contributed by atoms with Gasteiger partial charge in [-0.1, -0.05) is 23.8 Å². The normalized spacial score (nSPS) is 15.7. The van der Waals surface area contributed by atoms with Gasteiger partial charge in [-0.3, -0.25) is 14.7 Å². The molecule has 21 heavy (non-hydrogen) atoms. The van der Waals surface area contributed by atoms with Crippen LogP contribution in [0, 0.1) is 0 Å². The molecule has 3 rings (SSSR count). The molecular formula is C17H15ClN2O. The zero-order valence-electron chi connectivity index (χ0n) is 11.9. The zero-order valence-corrected chi connectivity index (χ0v) is 12.6. The van der Waals surface area contributed by atoms with Gasteiger partial charge in [0.05, 0.1) is 16.8 Å². The van der Waals surface area contributed by atoms with Gasteiger partial charge in [0.25, 0.3) is 5.91 Å². The second kappa shape index (κ2) is 5.01. The van der Waals surface area contributed by atoms with Crippen molar-refractivity contribution in [3.05, 3.63) is 65.0 Å². The lowest BCUT2D eigenvalue weighted by molar-refractivity contribution is 0.0970. The summed E-state index contributed by atoms with van der Waals surface area (Å²) >= 11 is 6.04. The molecule has 106 valence electrons. The third-order valence-electron chi connectivity index (χ3n) is 3.59. The molecule has 0 saturated carbocycles. The highest BCUT2D eigenvalue weighted by atomic mass is 35.5. The molecule has 0 bridgehead atoms. The maximum absolute atomic E-state index is 12.9. The zero-order chi connectivity index (χ0) is 15.0. The fraction of sp³-hybridized carbons (Fsp3) is 0.176. The van der Waals surface area contributed by atoms with Crippen LogP contribution in [0.25, 0.3) is 6.08 Å². The standard InChI is InChI=1S/C17H15ClN2O/c1-17(2)8-7-12-10-14(18)5-6-15(12)20(17)16(21)13-4-3-9-19-11-13/h3-11H,1-2H3. The molecule has 2 heterocycles. The van der Waals surface area contributed by atoms with E-state index in [1.807, 2.05) is 38.1 Å². The lowest BCUT2D eigenvalue weighted by atomic mass is 9.93. The first-order chi connectivity index (χ1) is 9.99. The van der Waals surface area contributed by atoms with Crippen molar-refractivity contribution in [2.75, 3.05) is 4.90 Å². The topological polar surface area (TPSA) is 33.2 Å². The van der Waals surface area contributed by atoms with E-state index in [1.54, 1.807) is 35.5 Å². The van der Waals surface area contributed by atoms with Crippen molar-refractivity contribution in [3.8, 4) is 0 Å². The number of benzene rings is 1. The molecule has 1 aromatic heterocycles. The number of hydrogen-bond acceptors (Lipinski definition) is 2. The van der Waals surface area contributed by atoms with Crippen LogP contribution < -0.4 is 4.90 Å². The van der Waals surface area contributed by atoms with Crippen LogP contribution in [-0.2, 0) is 0 Å². The number of carbonyl (C=O) groups excluding carboxylic acids is 1. The molecule has 0 aliphatic carbocycles. The average molecular weight is 299 g/mol. The summed E-state index contributed by atoms with van der Waals surface area (Å²) in [7, 11) is 0. The lowest BCUT2D eigenvalue weighted by Gasteiger charge is -2.40. The Morgan fingerprint density at radius 3 is 2.81 bits per heavy atom. The van der Waals surface area contributed by atoms with Gasteiger partial charge in [0.1, 0.15) is 0 Å². The monoisotopic (exact) mass is 298 g/mol. The van der Waals surface area contributed by atoms with Crippen molar-refractivity contribution in [2.24, 2.45) is 0 Å². The van der Waals surface area contributed by atoms with Gasteiger partial charge < -0.3 is 0 Å². The minimum absolute atomic E-state index is 0.0685. The van der Waals surface area contributed by atoms with E-state index in [-0.39, 0.29) is 5.91 Å². The second-order valence-corrected chi connectivity index (χ2v) is 6.01. The van der Waals surface area contributed by atoms with E-state index in [4.69, 9.17) is 11.6 Å². The predicted octanol–water partition coefficient (Wildman–Crippen LogP) is 4.19.